The van der Waals surface area contributed by atoms with E-state index < -0.39 is 11.5 Å². The zero-order valence-corrected chi connectivity index (χ0v) is 13.4. The van der Waals surface area contributed by atoms with Crippen molar-refractivity contribution in [3.8, 4) is 0 Å². The zero-order valence-electron chi connectivity index (χ0n) is 12.6. The van der Waals surface area contributed by atoms with Gasteiger partial charge >= 0.3 is 5.97 Å². The first-order valence-corrected chi connectivity index (χ1v) is 8.12. The molecule has 2 N–H and O–H groups in total. The van der Waals surface area contributed by atoms with Crippen molar-refractivity contribution in [2.24, 2.45) is 11.1 Å². The molecule has 1 saturated carbocycles. The monoisotopic (exact) mass is 312 g/mol. The average Bonchev–Trinajstić information content (AvgIpc) is 2.82. The van der Waals surface area contributed by atoms with Crippen LogP contribution in [-0.4, -0.2) is 41.5 Å². The summed E-state index contributed by atoms with van der Waals surface area (Å²) in [6, 6.07) is -0.475. The molecule has 6 heteroatoms. The maximum absolute atomic E-state index is 13.1. The van der Waals surface area contributed by atoms with E-state index >= 15 is 0 Å². The number of methoxy groups -OCH3 is 1. The number of hydrogen-bond donors (Lipinski definition) is 1. The minimum Gasteiger partial charge on any atom is -0.467 e. The molecule has 1 unspecified atom stereocenters. The van der Waals surface area contributed by atoms with Gasteiger partial charge < -0.3 is 15.4 Å². The smallest absolute Gasteiger partial charge is 0.328 e. The Kier molecular flexibility index (Phi) is 5.19. The Labute approximate surface area is 131 Å². The summed E-state index contributed by atoms with van der Waals surface area (Å²) in [5.41, 5.74) is 5.20. The summed E-state index contributed by atoms with van der Waals surface area (Å²) in [6.07, 6.45) is 7.01. The fourth-order valence-corrected chi connectivity index (χ4v) is 3.85. The van der Waals surface area contributed by atoms with E-state index in [4.69, 9.17) is 22.7 Å². The van der Waals surface area contributed by atoms with Crippen molar-refractivity contribution in [2.45, 2.75) is 57.4 Å². The van der Waals surface area contributed by atoms with Gasteiger partial charge in [0.25, 0.3) is 0 Å². The molecule has 2 aliphatic rings. The van der Waals surface area contributed by atoms with Crippen LogP contribution in [-0.2, 0) is 14.3 Å². The average molecular weight is 312 g/mol. The molecule has 2 fully saturated rings. The second kappa shape index (κ2) is 6.73. The lowest BCUT2D eigenvalue weighted by Gasteiger charge is -2.36. The molecule has 0 aromatic heterocycles. The number of esters is 1. The van der Waals surface area contributed by atoms with Gasteiger partial charge in [-0.25, -0.2) is 4.79 Å². The maximum atomic E-state index is 13.1. The van der Waals surface area contributed by atoms with Crippen LogP contribution >= 0.6 is 12.2 Å². The van der Waals surface area contributed by atoms with Crippen molar-refractivity contribution in [1.82, 2.24) is 4.90 Å². The number of ether oxygens (including phenoxy) is 1. The highest BCUT2D eigenvalue weighted by atomic mass is 32.1. The van der Waals surface area contributed by atoms with Crippen molar-refractivity contribution < 1.29 is 14.3 Å². The molecule has 118 valence electrons. The number of carbonyl (C=O) groups excluding carboxylic acids is 2. The van der Waals surface area contributed by atoms with E-state index in [0.717, 1.165) is 32.1 Å². The number of rotatable bonds is 3. The lowest BCUT2D eigenvalue weighted by Crippen LogP contribution is -2.53. The van der Waals surface area contributed by atoms with E-state index in [9.17, 15) is 9.59 Å². The van der Waals surface area contributed by atoms with Crippen LogP contribution in [0.2, 0.25) is 0 Å². The Hall–Kier alpha value is -1.17. The highest BCUT2D eigenvalue weighted by molar-refractivity contribution is 7.80. The van der Waals surface area contributed by atoms with E-state index in [1.165, 1.54) is 7.11 Å². The highest BCUT2D eigenvalue weighted by Gasteiger charge is 2.47. The predicted octanol–water partition coefficient (Wildman–Crippen LogP) is 1.78. The second-order valence-corrected chi connectivity index (χ2v) is 6.48. The lowest BCUT2D eigenvalue weighted by atomic mass is 9.78. The third-order valence-electron chi connectivity index (χ3n) is 4.83. The van der Waals surface area contributed by atoms with Gasteiger partial charge in [0.1, 0.15) is 6.04 Å². The number of nitrogens with zero attached hydrogens (tertiary/aromatic N) is 1. The molecule has 1 heterocycles. The van der Waals surface area contributed by atoms with Gasteiger partial charge in [0.2, 0.25) is 5.91 Å². The van der Waals surface area contributed by atoms with Gasteiger partial charge in [-0.05, 0) is 25.7 Å². The molecular weight excluding hydrogens is 288 g/mol. The molecule has 0 aromatic rings. The number of likely N-dealkylation sites (tertiary alicyclic amines) is 1. The van der Waals surface area contributed by atoms with Crippen molar-refractivity contribution in [1.29, 1.82) is 0 Å². The fourth-order valence-electron chi connectivity index (χ4n) is 3.56. The first kappa shape index (κ1) is 16.2. The summed E-state index contributed by atoms with van der Waals surface area (Å²) in [6.45, 7) is 0.586. The molecule has 5 nitrogen and oxygen atoms in total. The summed E-state index contributed by atoms with van der Waals surface area (Å²) >= 11 is 5.25. The van der Waals surface area contributed by atoms with Crippen molar-refractivity contribution in [3.05, 3.63) is 0 Å². The van der Waals surface area contributed by atoms with E-state index in [1.807, 2.05) is 0 Å². The van der Waals surface area contributed by atoms with E-state index in [0.29, 0.717) is 25.8 Å². The van der Waals surface area contributed by atoms with Crippen LogP contribution in [0.5, 0.6) is 0 Å². The van der Waals surface area contributed by atoms with Gasteiger partial charge in [0.15, 0.2) is 0 Å². The van der Waals surface area contributed by atoms with Crippen LogP contribution in [0.3, 0.4) is 0 Å². The number of thiocarbonyl (C=S) groups is 1. The SMILES string of the molecule is COC(=O)C1CCCN1C(=O)C1(C(N)=S)CCCCCC1. The topological polar surface area (TPSA) is 72.6 Å². The number of nitrogens with two attached hydrogens (primary N) is 1. The van der Waals surface area contributed by atoms with Crippen LogP contribution in [0.4, 0.5) is 0 Å². The van der Waals surface area contributed by atoms with Gasteiger partial charge in [-0.1, -0.05) is 37.9 Å². The minimum absolute atomic E-state index is 0.0650. The van der Waals surface area contributed by atoms with Gasteiger partial charge in [-0.2, -0.15) is 0 Å². The Morgan fingerprint density at radius 2 is 1.81 bits per heavy atom. The van der Waals surface area contributed by atoms with Crippen molar-refractivity contribution in [2.75, 3.05) is 13.7 Å². The summed E-state index contributed by atoms with van der Waals surface area (Å²) < 4.78 is 4.82. The zero-order chi connectivity index (χ0) is 15.5. The molecule has 0 radical (unpaired) electrons. The summed E-state index contributed by atoms with van der Waals surface area (Å²) in [7, 11) is 1.36. The summed E-state index contributed by atoms with van der Waals surface area (Å²) in [5.74, 6) is -0.405. The third kappa shape index (κ3) is 3.05. The van der Waals surface area contributed by atoms with Crippen LogP contribution in [0, 0.1) is 5.41 Å². The first-order valence-electron chi connectivity index (χ1n) is 7.72. The van der Waals surface area contributed by atoms with Crippen molar-refractivity contribution in [3.63, 3.8) is 0 Å². The summed E-state index contributed by atoms with van der Waals surface area (Å²) in [4.78, 5) is 26.9. The van der Waals surface area contributed by atoms with Gasteiger partial charge in [-0.15, -0.1) is 0 Å². The number of hydrogen-bond acceptors (Lipinski definition) is 4. The minimum atomic E-state index is -0.761. The number of amides is 1. The molecule has 1 saturated heterocycles. The number of carbonyl (C=O) groups is 2. The second-order valence-electron chi connectivity index (χ2n) is 6.04. The van der Waals surface area contributed by atoms with Crippen molar-refractivity contribution >= 4 is 29.1 Å². The molecule has 21 heavy (non-hydrogen) atoms. The molecule has 1 aliphatic heterocycles. The molecular formula is C15H24N2O3S. The van der Waals surface area contributed by atoms with Gasteiger partial charge in [0.05, 0.1) is 17.5 Å². The van der Waals surface area contributed by atoms with Gasteiger partial charge in [0, 0.05) is 6.54 Å². The Morgan fingerprint density at radius 1 is 1.19 bits per heavy atom. The van der Waals surface area contributed by atoms with Crippen LogP contribution < -0.4 is 5.73 Å². The lowest BCUT2D eigenvalue weighted by molar-refractivity contribution is -0.153. The maximum Gasteiger partial charge on any atom is 0.328 e. The Morgan fingerprint density at radius 3 is 2.33 bits per heavy atom. The van der Waals surface area contributed by atoms with E-state index in [-0.39, 0.29) is 16.9 Å². The highest BCUT2D eigenvalue weighted by Crippen LogP contribution is 2.39. The molecule has 0 aromatic carbocycles. The molecule has 2 rings (SSSR count). The van der Waals surface area contributed by atoms with E-state index in [1.54, 1.807) is 4.90 Å². The fraction of sp³-hybridized carbons (Fsp3) is 0.800. The summed E-state index contributed by atoms with van der Waals surface area (Å²) in [5, 5.41) is 0. The standard InChI is InChI=1S/C15H24N2O3S/c1-20-12(18)11-7-6-10-17(11)14(19)15(13(16)21)8-4-2-3-5-9-15/h11H,2-10H2,1H3,(H2,16,21). The molecule has 0 bridgehead atoms. The molecule has 1 amide bonds. The van der Waals surface area contributed by atoms with Crippen LogP contribution in [0.15, 0.2) is 0 Å². The first-order chi connectivity index (χ1) is 10.0. The third-order valence-corrected chi connectivity index (χ3v) is 5.22. The van der Waals surface area contributed by atoms with Gasteiger partial charge in [-0.3, -0.25) is 4.79 Å². The normalized spacial score (nSPS) is 25.2. The largest absolute Gasteiger partial charge is 0.467 e. The predicted molar refractivity (Wildman–Crippen MR) is 83.7 cm³/mol. The molecule has 0 spiro atoms. The molecule has 1 aliphatic carbocycles. The van der Waals surface area contributed by atoms with Crippen LogP contribution in [0.25, 0.3) is 0 Å². The van der Waals surface area contributed by atoms with E-state index in [2.05, 4.69) is 0 Å². The Bertz CT molecular complexity index is 431. The Balaban J connectivity index is 2.25. The molecule has 1 atom stereocenters. The quantitative estimate of drug-likeness (QED) is 0.488. The van der Waals surface area contributed by atoms with Crippen LogP contribution in [0.1, 0.15) is 51.4 Å².